The second-order valence-electron chi connectivity index (χ2n) is 25.7. The van der Waals surface area contributed by atoms with E-state index < -0.39 is 69.8 Å². The fraction of sp³-hybridized carbons (Fsp3) is 0.235. The summed E-state index contributed by atoms with van der Waals surface area (Å²) in [6.45, 7) is 13.5. The number of hydrogen-bond donors (Lipinski definition) is 1. The third-order valence-corrected chi connectivity index (χ3v) is 20.1. The summed E-state index contributed by atoms with van der Waals surface area (Å²) >= 11 is 7.16. The maximum atomic E-state index is 14.9. The van der Waals surface area contributed by atoms with Gasteiger partial charge in [-0.25, -0.2) is 52.7 Å². The second-order valence-corrected chi connectivity index (χ2v) is 26.9. The zero-order valence-corrected chi connectivity index (χ0v) is 70.9. The monoisotopic (exact) mass is 1710 g/mol. The molecule has 0 aromatic heterocycles. The molecule has 0 saturated carbocycles. The Bertz CT molecular complexity index is 4750. The van der Waals surface area contributed by atoms with Crippen LogP contribution in [0.25, 0.3) is 110 Å². The summed E-state index contributed by atoms with van der Waals surface area (Å²) in [4.78, 5) is 11.2. The molecular weight excluding hydrogens is 1640 g/mol. The summed E-state index contributed by atoms with van der Waals surface area (Å²) in [7, 11) is 0. The van der Waals surface area contributed by atoms with Gasteiger partial charge in [-0.3, -0.25) is 4.79 Å². The molecule has 0 radical (unpaired) electrons. The van der Waals surface area contributed by atoms with E-state index in [1.54, 1.807) is 12.1 Å². The Balaban J connectivity index is 0.000000283. The van der Waals surface area contributed by atoms with Crippen molar-refractivity contribution in [3.63, 3.8) is 0 Å². The molecule has 0 bridgehead atoms. The fourth-order valence-electron chi connectivity index (χ4n) is 14.1. The molecule has 1 aliphatic rings. The van der Waals surface area contributed by atoms with Crippen molar-refractivity contribution < 1.29 is 193 Å². The van der Waals surface area contributed by atoms with Crippen LogP contribution in [0.1, 0.15) is 103 Å². The van der Waals surface area contributed by atoms with Crippen LogP contribution in [0, 0.1) is 69.8 Å². The largest absolute Gasteiger partial charge is 1.00 e. The molecule has 12 aromatic carbocycles. The van der Waals surface area contributed by atoms with Gasteiger partial charge in [-0.05, 0) is 221 Å². The third kappa shape index (κ3) is 20.0. The first-order valence-electron chi connectivity index (χ1n) is 34.4. The van der Waals surface area contributed by atoms with Crippen LogP contribution in [-0.2, 0) is 33.4 Å². The molecule has 0 aliphatic carbocycles. The van der Waals surface area contributed by atoms with Crippen LogP contribution in [0.4, 0.5) is 52.7 Å². The van der Waals surface area contributed by atoms with Crippen molar-refractivity contribution in [1.82, 2.24) is 5.32 Å². The zero-order chi connectivity index (χ0) is 74.5. The van der Waals surface area contributed by atoms with E-state index in [1.165, 1.54) is 38.8 Å². The van der Waals surface area contributed by atoms with Crippen molar-refractivity contribution in [2.24, 2.45) is 0 Å². The van der Waals surface area contributed by atoms with Crippen LogP contribution in [0.15, 0.2) is 170 Å². The first-order chi connectivity index (χ1) is 50.2. The molecule has 13 rings (SSSR count). The van der Waals surface area contributed by atoms with E-state index in [2.05, 4.69) is 69.8 Å². The molecule has 0 unspecified atom stereocenters. The van der Waals surface area contributed by atoms with Gasteiger partial charge in [0.05, 0.1) is 13.1 Å². The van der Waals surface area contributed by atoms with E-state index in [0.717, 1.165) is 164 Å². The van der Waals surface area contributed by atoms with Crippen molar-refractivity contribution in [1.29, 1.82) is 0 Å². The smallest absolute Gasteiger partial charge is 1.00 e. The fourth-order valence-corrected chi connectivity index (χ4v) is 15.2. The van der Waals surface area contributed by atoms with Crippen molar-refractivity contribution in [2.75, 3.05) is 26.2 Å². The number of quaternary nitrogens is 1. The van der Waals surface area contributed by atoms with Crippen molar-refractivity contribution >= 4 is 81.4 Å². The van der Waals surface area contributed by atoms with Crippen molar-refractivity contribution in [2.45, 2.75) is 103 Å². The summed E-state index contributed by atoms with van der Waals surface area (Å²) in [5, 5.41) is 18.9. The number of hydrogen-bond acceptors (Lipinski definition) is 4. The third-order valence-electron chi connectivity index (χ3n) is 19.0. The standard InChI is InChI=1S/C42H36F6N.C34H18Br2F6.C8H19N.CH2O3.BrH.2K.H/c1-3-5-15-49(16-6-4-2)23-33-31(27-19-35(43)41(47)36(44)20-27)17-25-11-7-9-13-29(25)39(33)40-30-14-10-8-12-26(30)18-32(34(40)24-49)28-21-37(45)42(48)38(46)22-28;35-15-25-23(19-11-27(37)33(41)28(38)12-19)9-17-5-1-3-7-21(17)31(25)32-22-8-4-2-6-18(22)10-24(26(32)16-36)20-13-29(39)34(42)30(40)14-20;1-3-5-7-9-8-6-4-2;2-1-4-3;;;;/h7-14,17-22H,3-6,15-16,23-24H2,1-2H3;1-14H,15-16H2;9H,3-8H2,1-2H3;1,3H;1H;;;/q+1;;;;;2*+1;-1/p-2. The molecule has 22 heteroatoms. The summed E-state index contributed by atoms with van der Waals surface area (Å²) < 4.78 is 174. The maximum absolute atomic E-state index is 14.9. The molecule has 12 aromatic rings. The maximum Gasteiger partial charge on any atom is 1.00 e. The first kappa shape index (κ1) is 89.1. The van der Waals surface area contributed by atoms with Gasteiger partial charge in [0, 0.05) is 32.9 Å². The van der Waals surface area contributed by atoms with Gasteiger partial charge >= 0.3 is 103 Å². The van der Waals surface area contributed by atoms with Crippen LogP contribution < -0.4 is 130 Å². The van der Waals surface area contributed by atoms with Gasteiger partial charge in [0.2, 0.25) is 0 Å². The van der Waals surface area contributed by atoms with Crippen LogP contribution in [0.5, 0.6) is 0 Å². The molecule has 1 heterocycles. The molecule has 0 saturated heterocycles. The molecule has 0 spiro atoms. The van der Waals surface area contributed by atoms with E-state index in [0.29, 0.717) is 51.0 Å². The number of benzene rings is 12. The first-order valence-corrected chi connectivity index (χ1v) is 36.6. The SMILES string of the molecule is CCCCNCCCC.CCCC[N+]1(CCCC)Cc2c(-c3cc(F)c(F)c(F)c3)cc3ccccc3c2-c2c(c(-c3cc(F)c(F)c(F)c3)cc3ccccc23)C1.Fc1cc(-c2cc3ccccc3c(-c3c(CBr)c(-c4cc(F)c(F)c(F)c4)cc4ccccc34)c2CBr)cc(F)c1F.O=CO[O-].[Br-].[H-].[K+].[K+]. The summed E-state index contributed by atoms with van der Waals surface area (Å²) in [6, 6.07) is 46.1. The predicted molar refractivity (Wildman–Crippen MR) is 398 cm³/mol. The minimum absolute atomic E-state index is 0. The van der Waals surface area contributed by atoms with Crippen LogP contribution in [-0.4, -0.2) is 37.1 Å². The number of carbonyl (C=O) groups excluding carboxylic acids is 1. The number of unbranched alkanes of at least 4 members (excludes halogenated alkanes) is 4. The number of alkyl halides is 2. The quantitative estimate of drug-likeness (QED) is 0.00951. The molecule has 550 valence electrons. The Kier molecular flexibility index (Phi) is 34.5. The number of fused-ring (bicyclic) bond motifs is 9. The van der Waals surface area contributed by atoms with Crippen LogP contribution in [0.2, 0.25) is 0 Å². The van der Waals surface area contributed by atoms with E-state index in [4.69, 9.17) is 10.1 Å². The zero-order valence-electron chi connectivity index (χ0n) is 60.9. The topological polar surface area (TPSA) is 61.4 Å². The summed E-state index contributed by atoms with van der Waals surface area (Å²) in [5.74, 6) is -16.5. The molecule has 0 atom stereocenters. The number of halogens is 15. The van der Waals surface area contributed by atoms with Gasteiger partial charge in [-0.2, -0.15) is 0 Å². The minimum atomic E-state index is -1.56. The van der Waals surface area contributed by atoms with Gasteiger partial charge in [0.25, 0.3) is 6.47 Å². The van der Waals surface area contributed by atoms with Gasteiger partial charge in [0.15, 0.2) is 69.8 Å². The molecule has 1 N–H and O–H groups in total. The Labute approximate surface area is 728 Å². The Morgan fingerprint density at radius 1 is 0.402 bits per heavy atom. The summed E-state index contributed by atoms with van der Waals surface area (Å²) in [5.41, 5.74) is 9.16. The average Bonchev–Trinajstić information content (AvgIpc) is 1.43. The second kappa shape index (κ2) is 41.4. The minimum Gasteiger partial charge on any atom is -1.00 e. The molecular formula is C85H75Br3F12K2N2O3. The van der Waals surface area contributed by atoms with E-state index in [1.807, 2.05) is 109 Å². The van der Waals surface area contributed by atoms with E-state index in [9.17, 15) is 52.7 Å². The molecule has 107 heavy (non-hydrogen) atoms. The molecule has 1 aliphatic heterocycles. The molecule has 0 fully saturated rings. The van der Waals surface area contributed by atoms with Gasteiger partial charge < -0.3 is 38.4 Å². The van der Waals surface area contributed by atoms with E-state index >= 15 is 0 Å². The number of rotatable bonds is 20. The number of carbonyl (C=O) groups is 1. The number of nitrogens with zero attached hydrogens (tertiary/aromatic N) is 1. The van der Waals surface area contributed by atoms with Crippen molar-refractivity contribution in [3.8, 4) is 66.8 Å². The van der Waals surface area contributed by atoms with Gasteiger partial charge in [0.1, 0.15) is 13.1 Å². The molecule has 0 amide bonds. The molecule has 5 nitrogen and oxygen atoms in total. The number of nitrogens with one attached hydrogen (secondary N) is 1. The van der Waals surface area contributed by atoms with Crippen molar-refractivity contribution in [3.05, 3.63) is 262 Å². The normalized spacial score (nSPS) is 11.9. The Hall–Kier alpha value is -5.10. The van der Waals surface area contributed by atoms with E-state index in [-0.39, 0.29) is 161 Å². The van der Waals surface area contributed by atoms with Crippen LogP contribution in [0.3, 0.4) is 0 Å². The van der Waals surface area contributed by atoms with Gasteiger partial charge in [-0.1, -0.05) is 182 Å². The summed E-state index contributed by atoms with van der Waals surface area (Å²) in [6.07, 6.45) is 8.93. The Morgan fingerprint density at radius 2 is 0.645 bits per heavy atom. The average molecular weight is 1720 g/mol. The Morgan fingerprint density at radius 3 is 0.897 bits per heavy atom. The van der Waals surface area contributed by atoms with Crippen LogP contribution >= 0.6 is 31.9 Å². The van der Waals surface area contributed by atoms with Gasteiger partial charge in [-0.15, -0.1) is 0 Å². The predicted octanol–water partition coefficient (Wildman–Crippen LogP) is 15.6.